The third kappa shape index (κ3) is 2.82. The van der Waals surface area contributed by atoms with E-state index in [1.165, 1.54) is 11.3 Å². The quantitative estimate of drug-likeness (QED) is 0.578. The van der Waals surface area contributed by atoms with Crippen molar-refractivity contribution in [2.45, 2.75) is 20.3 Å². The highest BCUT2D eigenvalue weighted by Gasteiger charge is 2.16. The number of benzene rings is 1. The molecule has 2 N–H and O–H groups in total. The summed E-state index contributed by atoms with van der Waals surface area (Å²) in [4.78, 5) is 16.2. The van der Waals surface area contributed by atoms with E-state index in [4.69, 9.17) is 0 Å². The summed E-state index contributed by atoms with van der Waals surface area (Å²) < 4.78 is 0.772. The summed E-state index contributed by atoms with van der Waals surface area (Å²) in [6.45, 7) is 3.99. The molecular formula is C16H14BrN3O2S. The van der Waals surface area contributed by atoms with E-state index >= 15 is 0 Å². The maximum atomic E-state index is 12.3. The number of aromatic nitrogens is 1. The van der Waals surface area contributed by atoms with Gasteiger partial charge in [0.25, 0.3) is 5.91 Å². The zero-order valence-electron chi connectivity index (χ0n) is 12.6. The van der Waals surface area contributed by atoms with Crippen LogP contribution in [-0.2, 0) is 6.42 Å². The van der Waals surface area contributed by atoms with Gasteiger partial charge in [-0.2, -0.15) is 0 Å². The Morgan fingerprint density at radius 1 is 1.43 bits per heavy atom. The van der Waals surface area contributed by atoms with Gasteiger partial charge in [0.1, 0.15) is 0 Å². The first-order valence-corrected chi connectivity index (χ1v) is 8.72. The van der Waals surface area contributed by atoms with Crippen LogP contribution in [0.1, 0.15) is 27.7 Å². The van der Waals surface area contributed by atoms with Crippen LogP contribution in [0.3, 0.4) is 0 Å². The number of thiophene rings is 1. The van der Waals surface area contributed by atoms with Crippen molar-refractivity contribution in [1.82, 2.24) is 4.98 Å². The molecule has 5 nitrogen and oxygen atoms in total. The molecule has 0 atom stereocenters. The number of halogens is 1. The Bertz CT molecular complexity index is 927. The number of hydrogen-bond donors (Lipinski definition) is 2. The van der Waals surface area contributed by atoms with Crippen LogP contribution >= 0.6 is 27.3 Å². The molecule has 23 heavy (non-hydrogen) atoms. The molecule has 1 amide bonds. The number of nitrogens with zero attached hydrogens (tertiary/aromatic N) is 2. The monoisotopic (exact) mass is 391 g/mol. The summed E-state index contributed by atoms with van der Waals surface area (Å²) in [6.07, 6.45) is 0.774. The van der Waals surface area contributed by atoms with Gasteiger partial charge in [-0.3, -0.25) is 4.79 Å². The highest BCUT2D eigenvalue weighted by molar-refractivity contribution is 9.10. The first-order valence-electron chi connectivity index (χ1n) is 7.05. The second kappa shape index (κ2) is 6.25. The van der Waals surface area contributed by atoms with Crippen molar-refractivity contribution in [3.63, 3.8) is 0 Å². The number of nitrogens with one attached hydrogen (secondary N) is 1. The van der Waals surface area contributed by atoms with Crippen LogP contribution in [0, 0.1) is 6.92 Å². The van der Waals surface area contributed by atoms with E-state index in [9.17, 15) is 9.90 Å². The van der Waals surface area contributed by atoms with E-state index in [1.54, 1.807) is 5.38 Å². The van der Waals surface area contributed by atoms with E-state index in [0.29, 0.717) is 10.9 Å². The molecule has 2 heterocycles. The molecule has 0 saturated heterocycles. The summed E-state index contributed by atoms with van der Waals surface area (Å²) in [5, 5.41) is 20.3. The van der Waals surface area contributed by atoms with Crippen LogP contribution in [0.25, 0.3) is 10.9 Å². The molecule has 0 unspecified atom stereocenters. The van der Waals surface area contributed by atoms with E-state index in [2.05, 4.69) is 31.1 Å². The SMILES string of the molecule is CCc1c(C(=O)N=Nc2c(O)[nH]c3cccc(Br)c23)csc1C. The maximum absolute atomic E-state index is 12.3. The van der Waals surface area contributed by atoms with Gasteiger partial charge in [0.05, 0.1) is 11.1 Å². The summed E-state index contributed by atoms with van der Waals surface area (Å²) in [6, 6.07) is 5.50. The number of carbonyl (C=O) groups is 1. The van der Waals surface area contributed by atoms with Crippen molar-refractivity contribution in [1.29, 1.82) is 0 Å². The van der Waals surface area contributed by atoms with Gasteiger partial charge in [0.15, 0.2) is 5.69 Å². The fourth-order valence-corrected chi connectivity index (χ4v) is 4.01. The Morgan fingerprint density at radius 3 is 2.96 bits per heavy atom. The number of hydrogen-bond acceptors (Lipinski definition) is 4. The zero-order valence-corrected chi connectivity index (χ0v) is 15.0. The van der Waals surface area contributed by atoms with E-state index in [-0.39, 0.29) is 11.6 Å². The lowest BCUT2D eigenvalue weighted by Gasteiger charge is -1.98. The van der Waals surface area contributed by atoms with Crippen molar-refractivity contribution in [3.8, 4) is 5.88 Å². The number of H-pyrrole nitrogens is 1. The van der Waals surface area contributed by atoms with Crippen LogP contribution in [0.5, 0.6) is 5.88 Å². The average Bonchev–Trinajstić information content (AvgIpc) is 3.05. The van der Waals surface area contributed by atoms with Crippen molar-refractivity contribution in [2.24, 2.45) is 10.2 Å². The summed E-state index contributed by atoms with van der Waals surface area (Å²) in [5.41, 5.74) is 2.56. The molecule has 1 aromatic carbocycles. The number of amides is 1. The molecule has 3 aromatic rings. The van der Waals surface area contributed by atoms with Gasteiger partial charge in [-0.05, 0) is 31.0 Å². The predicted molar refractivity (Wildman–Crippen MR) is 94.9 cm³/mol. The molecule has 0 fully saturated rings. The number of rotatable bonds is 3. The highest BCUT2D eigenvalue weighted by atomic mass is 79.9. The molecule has 0 aliphatic heterocycles. The zero-order chi connectivity index (χ0) is 16.6. The van der Waals surface area contributed by atoms with E-state index in [1.807, 2.05) is 32.0 Å². The van der Waals surface area contributed by atoms with Crippen LogP contribution < -0.4 is 0 Å². The van der Waals surface area contributed by atoms with Gasteiger partial charge in [-0.15, -0.1) is 21.6 Å². The van der Waals surface area contributed by atoms with Crippen molar-refractivity contribution < 1.29 is 9.90 Å². The summed E-state index contributed by atoms with van der Waals surface area (Å²) >= 11 is 4.95. The van der Waals surface area contributed by atoms with Crippen molar-refractivity contribution in [3.05, 3.63) is 44.1 Å². The number of aromatic hydroxyl groups is 1. The van der Waals surface area contributed by atoms with Gasteiger partial charge in [-0.1, -0.05) is 28.9 Å². The Hall–Kier alpha value is -1.99. The van der Waals surface area contributed by atoms with Gasteiger partial charge < -0.3 is 10.1 Å². The number of aromatic amines is 1. The number of azo groups is 1. The van der Waals surface area contributed by atoms with E-state index in [0.717, 1.165) is 26.9 Å². The highest BCUT2D eigenvalue weighted by Crippen LogP contribution is 2.39. The fourth-order valence-electron chi connectivity index (χ4n) is 2.52. The molecule has 3 rings (SSSR count). The second-order valence-corrected chi connectivity index (χ2v) is 6.97. The maximum Gasteiger partial charge on any atom is 0.296 e. The smallest absolute Gasteiger partial charge is 0.296 e. The fraction of sp³-hybridized carbons (Fsp3) is 0.188. The molecule has 7 heteroatoms. The molecular weight excluding hydrogens is 378 g/mol. The second-order valence-electron chi connectivity index (χ2n) is 5.03. The van der Waals surface area contributed by atoms with Crippen molar-refractivity contribution in [2.75, 3.05) is 0 Å². The van der Waals surface area contributed by atoms with Crippen molar-refractivity contribution >= 4 is 49.8 Å². The Kier molecular flexibility index (Phi) is 4.32. The molecule has 0 radical (unpaired) electrons. The average molecular weight is 392 g/mol. The number of aryl methyl sites for hydroxylation is 1. The minimum Gasteiger partial charge on any atom is -0.493 e. The molecule has 0 aliphatic rings. The van der Waals surface area contributed by atoms with Crippen LogP contribution in [0.15, 0.2) is 38.3 Å². The van der Waals surface area contributed by atoms with Gasteiger partial charge in [0.2, 0.25) is 5.88 Å². The third-order valence-corrected chi connectivity index (χ3v) is 5.27. The molecule has 2 aromatic heterocycles. The summed E-state index contributed by atoms with van der Waals surface area (Å²) in [5.74, 6) is -0.507. The lowest BCUT2D eigenvalue weighted by molar-refractivity contribution is 0.0994. The van der Waals surface area contributed by atoms with Crippen LogP contribution in [0.4, 0.5) is 5.69 Å². The topological polar surface area (TPSA) is 77.8 Å². The number of carbonyl (C=O) groups excluding carboxylic acids is 1. The largest absolute Gasteiger partial charge is 0.493 e. The Morgan fingerprint density at radius 2 is 2.22 bits per heavy atom. The normalized spacial score (nSPS) is 11.6. The van der Waals surface area contributed by atoms with Gasteiger partial charge >= 0.3 is 0 Å². The first kappa shape index (κ1) is 15.9. The van der Waals surface area contributed by atoms with E-state index < -0.39 is 5.91 Å². The third-order valence-electron chi connectivity index (χ3n) is 3.66. The lowest BCUT2D eigenvalue weighted by Crippen LogP contribution is -1.96. The van der Waals surface area contributed by atoms with Gasteiger partial charge in [-0.25, -0.2) is 0 Å². The molecule has 0 bridgehead atoms. The lowest BCUT2D eigenvalue weighted by atomic mass is 10.1. The molecule has 0 aliphatic carbocycles. The minimum atomic E-state index is -0.396. The van der Waals surface area contributed by atoms with Gasteiger partial charge in [0, 0.05) is 20.1 Å². The molecule has 118 valence electrons. The van der Waals surface area contributed by atoms with Crippen LogP contribution in [0.2, 0.25) is 0 Å². The first-order chi connectivity index (χ1) is 11.0. The predicted octanol–water partition coefficient (Wildman–Crippen LogP) is 5.49. The number of fused-ring (bicyclic) bond motifs is 1. The molecule has 0 saturated carbocycles. The Balaban J connectivity index is 2.00. The molecule has 0 spiro atoms. The summed E-state index contributed by atoms with van der Waals surface area (Å²) in [7, 11) is 0. The Labute approximate surface area is 145 Å². The van der Waals surface area contributed by atoms with Crippen LogP contribution in [-0.4, -0.2) is 16.0 Å². The minimum absolute atomic E-state index is 0.110. The standard InChI is InChI=1S/C16H14BrN3O2S/c1-3-9-8(2)23-7-10(9)15(21)20-19-14-13-11(17)5-4-6-12(13)18-16(14)22/h4-7,18,22H,3H2,1-2H3.